The molecule has 0 N–H and O–H groups in total. The number of fused-ring (bicyclic) bond motifs is 1. The molecule has 3 nitrogen and oxygen atoms in total. The zero-order chi connectivity index (χ0) is 12.7. The predicted octanol–water partition coefficient (Wildman–Crippen LogP) is 2.68. The van der Waals surface area contributed by atoms with Gasteiger partial charge < -0.3 is 9.31 Å². The molecule has 0 amide bonds. The van der Waals surface area contributed by atoms with Gasteiger partial charge in [0.2, 0.25) is 17.6 Å². The Bertz CT molecular complexity index is 618. The standard InChI is InChI=1S/C13H12BINO2/c1-9-5-3-4-6-10(9)11-7-12-13(8-16(11)2)18-14(15)17-12/h3-8H,1-2H3/q+1. The minimum Gasteiger partial charge on any atom is -0.514 e. The van der Waals surface area contributed by atoms with Crippen molar-refractivity contribution in [3.63, 3.8) is 0 Å². The van der Waals surface area contributed by atoms with Crippen LogP contribution in [0.25, 0.3) is 11.3 Å². The van der Waals surface area contributed by atoms with E-state index >= 15 is 0 Å². The molecule has 1 aliphatic rings. The third-order valence-electron chi connectivity index (χ3n) is 3.06. The van der Waals surface area contributed by atoms with Crippen molar-refractivity contribution < 1.29 is 13.9 Å². The summed E-state index contributed by atoms with van der Waals surface area (Å²) in [5.41, 5.74) is 3.59. The Morgan fingerprint density at radius 2 is 1.89 bits per heavy atom. The van der Waals surface area contributed by atoms with Crippen LogP contribution in [-0.4, -0.2) is 4.97 Å². The molecule has 0 fully saturated rings. The van der Waals surface area contributed by atoms with Crippen molar-refractivity contribution in [2.24, 2.45) is 7.05 Å². The van der Waals surface area contributed by atoms with E-state index < -0.39 is 0 Å². The van der Waals surface area contributed by atoms with Gasteiger partial charge >= 0.3 is 4.97 Å². The Hall–Kier alpha value is -1.24. The van der Waals surface area contributed by atoms with Crippen LogP contribution in [0.2, 0.25) is 0 Å². The van der Waals surface area contributed by atoms with E-state index in [2.05, 4.69) is 46.0 Å². The minimum atomic E-state index is -0.232. The number of benzene rings is 1. The van der Waals surface area contributed by atoms with Crippen molar-refractivity contribution in [1.82, 2.24) is 0 Å². The maximum absolute atomic E-state index is 5.61. The lowest BCUT2D eigenvalue weighted by Crippen LogP contribution is -2.30. The molecule has 2 heterocycles. The van der Waals surface area contributed by atoms with E-state index in [9.17, 15) is 0 Å². The van der Waals surface area contributed by atoms with Gasteiger partial charge in [-0.2, -0.15) is 4.57 Å². The van der Waals surface area contributed by atoms with Crippen LogP contribution in [-0.2, 0) is 7.05 Å². The third kappa shape index (κ3) is 1.96. The monoisotopic (exact) mass is 352 g/mol. The molecular formula is C13H12BINO2+. The molecule has 0 atom stereocenters. The summed E-state index contributed by atoms with van der Waals surface area (Å²) in [5.74, 6) is 1.61. The molecule has 1 aliphatic heterocycles. The average Bonchev–Trinajstić information content (AvgIpc) is 2.68. The molecule has 3 rings (SSSR count). The van der Waals surface area contributed by atoms with Crippen LogP contribution in [0.3, 0.4) is 0 Å². The van der Waals surface area contributed by atoms with Gasteiger partial charge in [0, 0.05) is 5.56 Å². The van der Waals surface area contributed by atoms with Crippen molar-refractivity contribution in [2.75, 3.05) is 0 Å². The lowest BCUT2D eigenvalue weighted by atomic mass is 10.0. The Balaban J connectivity index is 2.15. The normalized spacial score (nSPS) is 12.9. The quantitative estimate of drug-likeness (QED) is 0.448. The van der Waals surface area contributed by atoms with Crippen LogP contribution >= 0.6 is 22.4 Å². The van der Waals surface area contributed by atoms with Gasteiger partial charge in [0.1, 0.15) is 7.05 Å². The minimum absolute atomic E-state index is 0.232. The van der Waals surface area contributed by atoms with Crippen molar-refractivity contribution in [3.05, 3.63) is 42.1 Å². The molecule has 0 saturated heterocycles. The van der Waals surface area contributed by atoms with Crippen molar-refractivity contribution >= 4 is 27.3 Å². The number of nitrogens with zero attached hydrogens (tertiary/aromatic N) is 1. The van der Waals surface area contributed by atoms with Crippen molar-refractivity contribution in [3.8, 4) is 22.8 Å². The van der Waals surface area contributed by atoms with E-state index in [0.717, 1.165) is 17.2 Å². The highest BCUT2D eigenvalue weighted by Crippen LogP contribution is 2.36. The second-order valence-electron chi connectivity index (χ2n) is 4.32. The summed E-state index contributed by atoms with van der Waals surface area (Å²) in [6.45, 7) is 2.11. The molecule has 0 spiro atoms. The summed E-state index contributed by atoms with van der Waals surface area (Å²) < 4.78 is 13.2. The van der Waals surface area contributed by atoms with Crippen molar-refractivity contribution in [1.29, 1.82) is 0 Å². The predicted molar refractivity (Wildman–Crippen MR) is 78.8 cm³/mol. The summed E-state index contributed by atoms with van der Waals surface area (Å²) in [5, 5.41) is 0. The molecule has 18 heavy (non-hydrogen) atoms. The molecule has 0 radical (unpaired) electrons. The first kappa shape index (κ1) is 11.8. The lowest BCUT2D eigenvalue weighted by molar-refractivity contribution is -0.660. The van der Waals surface area contributed by atoms with Crippen LogP contribution in [0, 0.1) is 6.92 Å². The summed E-state index contributed by atoms with van der Waals surface area (Å²) >= 11 is 2.12. The highest BCUT2D eigenvalue weighted by atomic mass is 127. The van der Waals surface area contributed by atoms with Gasteiger partial charge in [-0.15, -0.1) is 0 Å². The Labute approximate surface area is 120 Å². The maximum Gasteiger partial charge on any atom is 0.669 e. The third-order valence-corrected chi connectivity index (χ3v) is 3.57. The van der Waals surface area contributed by atoms with Crippen LogP contribution in [0.5, 0.6) is 11.5 Å². The van der Waals surface area contributed by atoms with Gasteiger partial charge in [-0.05, 0) is 40.9 Å². The maximum atomic E-state index is 5.61. The molecule has 2 aromatic rings. The number of rotatable bonds is 1. The number of aryl methyl sites for hydroxylation is 2. The van der Waals surface area contributed by atoms with Gasteiger partial charge in [-0.25, -0.2) is 0 Å². The van der Waals surface area contributed by atoms with Crippen molar-refractivity contribution in [2.45, 2.75) is 6.92 Å². The van der Waals surface area contributed by atoms with E-state index in [1.807, 2.05) is 31.4 Å². The Kier molecular flexibility index (Phi) is 2.93. The first-order valence-electron chi connectivity index (χ1n) is 5.72. The van der Waals surface area contributed by atoms with E-state index in [-0.39, 0.29) is 4.97 Å². The van der Waals surface area contributed by atoms with Gasteiger partial charge in [0.25, 0.3) is 0 Å². The van der Waals surface area contributed by atoms with Gasteiger partial charge in [0.05, 0.1) is 6.07 Å². The summed E-state index contributed by atoms with van der Waals surface area (Å²) in [7, 11) is 2.02. The first-order chi connectivity index (χ1) is 8.65. The fourth-order valence-corrected chi connectivity index (χ4v) is 2.69. The molecular weight excluding hydrogens is 340 g/mol. The number of halogens is 1. The molecule has 0 aliphatic carbocycles. The Morgan fingerprint density at radius 3 is 2.67 bits per heavy atom. The zero-order valence-electron chi connectivity index (χ0n) is 10.2. The summed E-state index contributed by atoms with van der Waals surface area (Å²) in [6.07, 6.45) is 1.97. The summed E-state index contributed by atoms with van der Waals surface area (Å²) in [6, 6.07) is 10.4. The molecule has 1 aromatic heterocycles. The molecule has 5 heteroatoms. The largest absolute Gasteiger partial charge is 0.669 e. The highest BCUT2D eigenvalue weighted by Gasteiger charge is 2.32. The molecule has 90 valence electrons. The van der Waals surface area contributed by atoms with Gasteiger partial charge in [-0.3, -0.25) is 0 Å². The topological polar surface area (TPSA) is 22.3 Å². The molecule has 1 aromatic carbocycles. The molecule has 0 saturated carbocycles. The zero-order valence-corrected chi connectivity index (χ0v) is 12.3. The second-order valence-corrected chi connectivity index (χ2v) is 5.34. The van der Waals surface area contributed by atoms with Crippen LogP contribution in [0.15, 0.2) is 36.5 Å². The summed E-state index contributed by atoms with van der Waals surface area (Å²) in [4.78, 5) is -0.232. The van der Waals surface area contributed by atoms with Crippen LogP contribution < -0.4 is 13.9 Å². The van der Waals surface area contributed by atoms with Gasteiger partial charge in [-0.1, -0.05) is 18.2 Å². The molecule has 0 unspecified atom stereocenters. The highest BCUT2D eigenvalue weighted by molar-refractivity contribution is 14.1. The first-order valence-corrected chi connectivity index (χ1v) is 6.97. The van der Waals surface area contributed by atoms with Crippen LogP contribution in [0.1, 0.15) is 5.56 Å². The number of hydrogen-bond acceptors (Lipinski definition) is 2. The fraction of sp³-hybridized carbons (Fsp3) is 0.154. The lowest BCUT2D eigenvalue weighted by Gasteiger charge is -2.05. The van der Waals surface area contributed by atoms with E-state index in [1.54, 1.807) is 0 Å². The van der Waals surface area contributed by atoms with E-state index in [0.29, 0.717) is 0 Å². The number of pyridine rings is 1. The SMILES string of the molecule is Cc1ccccc1-c1cc2c(c[n+]1C)OB(I)O2. The Morgan fingerprint density at radius 1 is 1.17 bits per heavy atom. The van der Waals surface area contributed by atoms with Crippen LogP contribution in [0.4, 0.5) is 0 Å². The number of hydrogen-bond donors (Lipinski definition) is 0. The second kappa shape index (κ2) is 4.46. The smallest absolute Gasteiger partial charge is 0.514 e. The fourth-order valence-electron chi connectivity index (χ4n) is 2.14. The molecule has 0 bridgehead atoms. The number of aromatic nitrogens is 1. The van der Waals surface area contributed by atoms with E-state index in [4.69, 9.17) is 9.31 Å². The van der Waals surface area contributed by atoms with Gasteiger partial charge in [0.15, 0.2) is 5.75 Å². The average molecular weight is 352 g/mol. The van der Waals surface area contributed by atoms with E-state index in [1.165, 1.54) is 11.1 Å².